The molecule has 59 heavy (non-hydrogen) atoms. The van der Waals surface area contributed by atoms with Gasteiger partial charge in [-0.05, 0) is 98.4 Å². The molecule has 0 spiro atoms. The largest absolute Gasteiger partial charge is 0.369 e. The van der Waals surface area contributed by atoms with Gasteiger partial charge in [0.2, 0.25) is 11.8 Å². The van der Waals surface area contributed by atoms with E-state index in [2.05, 4.69) is 88.0 Å². The summed E-state index contributed by atoms with van der Waals surface area (Å²) in [5, 5.41) is 11.0. The summed E-state index contributed by atoms with van der Waals surface area (Å²) in [4.78, 5) is 58.8. The number of anilines is 1. The van der Waals surface area contributed by atoms with Gasteiger partial charge in [-0.25, -0.2) is 14.4 Å². The molecule has 2 aliphatic carbocycles. The van der Waals surface area contributed by atoms with Crippen LogP contribution in [0.1, 0.15) is 109 Å². The first-order valence-electron chi connectivity index (χ1n) is 20.7. The number of carbonyl (C=O) groups is 3. The molecule has 0 radical (unpaired) electrons. The third-order valence-electron chi connectivity index (χ3n) is 13.3. The van der Waals surface area contributed by atoms with Crippen LogP contribution in [0.25, 0.3) is 33.2 Å². The summed E-state index contributed by atoms with van der Waals surface area (Å²) >= 11 is 0. The number of hydrogen-bond acceptors (Lipinski definition) is 10. The van der Waals surface area contributed by atoms with E-state index in [4.69, 9.17) is 4.52 Å². The number of nitrogens with zero attached hydrogens (tertiary/aromatic N) is 6. The van der Waals surface area contributed by atoms with Crippen LogP contribution in [0.4, 0.5) is 10.1 Å². The number of carbonyl (C=O) groups excluding carboxylic acids is 3. The van der Waals surface area contributed by atoms with Crippen molar-refractivity contribution in [3.05, 3.63) is 101 Å². The number of aromatic amines is 1. The zero-order valence-electron chi connectivity index (χ0n) is 33.3. The van der Waals surface area contributed by atoms with E-state index < -0.39 is 17.8 Å². The monoisotopic (exact) mass is 795 g/mol. The zero-order valence-corrected chi connectivity index (χ0v) is 33.3. The lowest BCUT2D eigenvalue weighted by molar-refractivity contribution is -0.134. The van der Waals surface area contributed by atoms with Gasteiger partial charge in [0.05, 0.1) is 23.0 Å². The van der Waals surface area contributed by atoms with Crippen molar-refractivity contribution in [1.29, 1.82) is 0 Å². The van der Waals surface area contributed by atoms with E-state index >= 15 is 4.39 Å². The van der Waals surface area contributed by atoms with Crippen LogP contribution in [0.2, 0.25) is 0 Å². The second-order valence-corrected chi connectivity index (χ2v) is 17.2. The smallest absolute Gasteiger partial charge is 0.315 e. The number of aryl methyl sites for hydroxylation is 1. The van der Waals surface area contributed by atoms with Crippen molar-refractivity contribution in [3.8, 4) is 11.3 Å². The van der Waals surface area contributed by atoms with E-state index in [1.165, 1.54) is 18.0 Å². The highest BCUT2D eigenvalue weighted by Gasteiger charge is 2.44. The van der Waals surface area contributed by atoms with Crippen molar-refractivity contribution in [2.45, 2.75) is 88.6 Å². The van der Waals surface area contributed by atoms with Crippen LogP contribution in [0.5, 0.6) is 0 Å². The molecule has 10 rings (SSSR count). The second-order valence-electron chi connectivity index (χ2n) is 17.2. The third kappa shape index (κ3) is 6.82. The van der Waals surface area contributed by atoms with E-state index in [0.717, 1.165) is 85.0 Å². The Kier molecular flexibility index (Phi) is 9.07. The Morgan fingerprint density at radius 2 is 1.76 bits per heavy atom. The van der Waals surface area contributed by atoms with Crippen LogP contribution in [0, 0.1) is 12.7 Å². The number of benzene rings is 3. The second kappa shape index (κ2) is 14.4. The van der Waals surface area contributed by atoms with Crippen LogP contribution in [0.15, 0.2) is 65.4 Å². The lowest BCUT2D eigenvalue weighted by Crippen LogP contribution is -2.53. The highest BCUT2D eigenvalue weighted by molar-refractivity contribution is 6.12. The van der Waals surface area contributed by atoms with Gasteiger partial charge in [0, 0.05) is 66.2 Å². The molecular formula is C45H46FN9O4. The van der Waals surface area contributed by atoms with Crippen molar-refractivity contribution in [2.24, 2.45) is 0 Å². The fraction of sp³-hybridized carbons (Fsp3) is 0.400. The van der Waals surface area contributed by atoms with Crippen LogP contribution < -0.4 is 15.5 Å². The van der Waals surface area contributed by atoms with Crippen molar-refractivity contribution in [2.75, 3.05) is 31.1 Å². The Hall–Kier alpha value is -6.02. The van der Waals surface area contributed by atoms with Gasteiger partial charge in [-0.1, -0.05) is 42.4 Å². The lowest BCUT2D eigenvalue weighted by atomic mass is 9.74. The van der Waals surface area contributed by atoms with Crippen LogP contribution >= 0.6 is 0 Å². The molecule has 5 heterocycles. The minimum atomic E-state index is -0.514. The minimum Gasteiger partial charge on any atom is -0.369 e. The molecule has 4 fully saturated rings. The molecule has 0 bridgehead atoms. The fourth-order valence-electron chi connectivity index (χ4n) is 9.29. The van der Waals surface area contributed by atoms with Crippen molar-refractivity contribution in [1.82, 2.24) is 40.6 Å². The predicted octanol–water partition coefficient (Wildman–Crippen LogP) is 6.74. The normalized spacial score (nSPS) is 22.3. The van der Waals surface area contributed by atoms with Gasteiger partial charge in [0.25, 0.3) is 0 Å². The fourth-order valence-corrected chi connectivity index (χ4v) is 9.29. The third-order valence-corrected chi connectivity index (χ3v) is 13.3. The number of piperidine rings is 1. The Morgan fingerprint density at radius 3 is 2.51 bits per heavy atom. The molecule has 302 valence electrons. The average Bonchev–Trinajstić information content (AvgIpc) is 3.58. The first-order chi connectivity index (χ1) is 28.5. The molecule has 2 aliphatic heterocycles. The van der Waals surface area contributed by atoms with E-state index in [-0.39, 0.29) is 29.0 Å². The standard InChI is InChI=1S/C45H46FN9O4/c1-24-18-34(35(46)22-33(24)25(2)49-42(58)43-52-44(53-59-43)45(3)12-13-45)39-38-32-9-8-29(21-36(32)50-40(38)48-23-47-39)54-14-16-55(17-15-54)30-19-28(20-30)26-4-6-27(7-5-26)31-10-11-37(56)51-41(31)57/h4-9,18,21-23,25,28,30-31H,10-17,19-20H2,1-3H3,(H,49,58)(H,47,48,50)(H,51,56,57)/t25-,28?,30?,31+/m1/s1. The zero-order chi connectivity index (χ0) is 40.6. The van der Waals surface area contributed by atoms with E-state index in [1.54, 1.807) is 13.0 Å². The molecular weight excluding hydrogens is 750 g/mol. The van der Waals surface area contributed by atoms with Gasteiger partial charge in [0.1, 0.15) is 17.8 Å². The van der Waals surface area contributed by atoms with Gasteiger partial charge in [-0.2, -0.15) is 4.98 Å². The Morgan fingerprint density at radius 1 is 1.00 bits per heavy atom. The molecule has 2 atom stereocenters. The summed E-state index contributed by atoms with van der Waals surface area (Å²) < 4.78 is 21.3. The molecule has 4 aliphatic rings. The van der Waals surface area contributed by atoms with Gasteiger partial charge < -0.3 is 19.7 Å². The topological polar surface area (TPSA) is 162 Å². The molecule has 14 heteroatoms. The van der Waals surface area contributed by atoms with Crippen molar-refractivity contribution in [3.63, 3.8) is 0 Å². The molecule has 3 aromatic carbocycles. The van der Waals surface area contributed by atoms with E-state index in [1.807, 2.05) is 13.8 Å². The lowest BCUT2D eigenvalue weighted by Gasteiger charge is -2.47. The molecule has 3 aromatic heterocycles. The number of amides is 3. The average molecular weight is 796 g/mol. The quantitative estimate of drug-likeness (QED) is 0.134. The summed E-state index contributed by atoms with van der Waals surface area (Å²) in [5.74, 6) is -0.608. The number of imide groups is 1. The summed E-state index contributed by atoms with van der Waals surface area (Å²) in [7, 11) is 0. The van der Waals surface area contributed by atoms with Crippen LogP contribution in [-0.4, -0.2) is 79.9 Å². The number of hydrogen-bond donors (Lipinski definition) is 3. The molecule has 13 nitrogen and oxygen atoms in total. The summed E-state index contributed by atoms with van der Waals surface area (Å²) in [5.41, 5.74) is 7.16. The molecule has 2 saturated heterocycles. The number of rotatable bonds is 9. The molecule has 3 amide bonds. The SMILES string of the molecule is Cc1cc(-c2ncnc3[nH]c4cc(N5CCN(C6CC(c7ccc([C@@H]8CCC(=O)NC8=O)cc7)C6)CC5)ccc4c23)c(F)cc1[C@@H](C)NC(=O)c1nc(C2(C)CC2)no1. The van der Waals surface area contributed by atoms with Crippen molar-refractivity contribution < 1.29 is 23.3 Å². The summed E-state index contributed by atoms with van der Waals surface area (Å²) in [6.45, 7) is 9.56. The maximum atomic E-state index is 16.1. The minimum absolute atomic E-state index is 0.0968. The molecule has 6 aromatic rings. The number of piperazine rings is 1. The Balaban J connectivity index is 0.788. The molecule has 3 N–H and O–H groups in total. The van der Waals surface area contributed by atoms with Gasteiger partial charge in [0.15, 0.2) is 5.82 Å². The van der Waals surface area contributed by atoms with E-state index in [0.29, 0.717) is 53.1 Å². The maximum absolute atomic E-state index is 16.1. The van der Waals surface area contributed by atoms with Gasteiger partial charge in [-0.3, -0.25) is 24.6 Å². The first-order valence-corrected chi connectivity index (χ1v) is 20.7. The van der Waals surface area contributed by atoms with Crippen LogP contribution in [-0.2, 0) is 15.0 Å². The van der Waals surface area contributed by atoms with Gasteiger partial charge >= 0.3 is 11.8 Å². The van der Waals surface area contributed by atoms with Gasteiger partial charge in [-0.15, -0.1) is 0 Å². The maximum Gasteiger partial charge on any atom is 0.315 e. The highest BCUT2D eigenvalue weighted by atomic mass is 19.1. The number of fused-ring (bicyclic) bond motifs is 3. The summed E-state index contributed by atoms with van der Waals surface area (Å²) in [6, 6.07) is 18.1. The number of aromatic nitrogens is 5. The number of nitrogens with one attached hydrogen (secondary N) is 3. The van der Waals surface area contributed by atoms with E-state index in [9.17, 15) is 14.4 Å². The Labute approximate surface area is 340 Å². The highest BCUT2D eigenvalue weighted by Crippen LogP contribution is 2.46. The molecule has 0 unspecified atom stereocenters. The predicted molar refractivity (Wildman–Crippen MR) is 219 cm³/mol. The number of H-pyrrole nitrogens is 1. The first kappa shape index (κ1) is 37.3. The molecule has 2 saturated carbocycles. The van der Waals surface area contributed by atoms with Crippen molar-refractivity contribution >= 4 is 45.3 Å². The number of halogens is 1. The summed E-state index contributed by atoms with van der Waals surface area (Å²) in [6.07, 6.45) is 6.60. The Bertz CT molecular complexity index is 2640. The van der Waals surface area contributed by atoms with Crippen LogP contribution in [0.3, 0.4) is 0 Å².